The van der Waals surface area contributed by atoms with Crippen LogP contribution in [0.5, 0.6) is 0 Å². The van der Waals surface area contributed by atoms with E-state index in [0.29, 0.717) is 5.56 Å². The predicted molar refractivity (Wildman–Crippen MR) is 75.7 cm³/mol. The molecule has 1 saturated heterocycles. The van der Waals surface area contributed by atoms with E-state index in [1.807, 2.05) is 12.1 Å². The molecule has 1 fully saturated rings. The lowest BCUT2D eigenvalue weighted by molar-refractivity contribution is 0.0438. The molecule has 0 amide bonds. The van der Waals surface area contributed by atoms with Crippen molar-refractivity contribution in [2.75, 3.05) is 24.6 Å². The number of anilines is 1. The van der Waals surface area contributed by atoms with Crippen molar-refractivity contribution in [3.8, 4) is 0 Å². The van der Waals surface area contributed by atoms with Crippen molar-refractivity contribution >= 4 is 11.6 Å². The van der Waals surface area contributed by atoms with E-state index in [0.717, 1.165) is 44.8 Å². The van der Waals surface area contributed by atoms with E-state index in [1.54, 1.807) is 13.1 Å². The normalized spacial score (nSPS) is 19.5. The van der Waals surface area contributed by atoms with Crippen LogP contribution in [0.2, 0.25) is 0 Å². The average Bonchev–Trinajstić information content (AvgIpc) is 2.45. The maximum atomic E-state index is 11.7. The van der Waals surface area contributed by atoms with Gasteiger partial charge in [-0.2, -0.15) is 0 Å². The molecular weight excluding hydrogens is 240 g/mol. The summed E-state index contributed by atoms with van der Waals surface area (Å²) in [6, 6.07) is 3.66. The number of carbonyl (C=O) groups is 1. The van der Waals surface area contributed by atoms with Gasteiger partial charge >= 0.3 is 0 Å². The summed E-state index contributed by atoms with van der Waals surface area (Å²) >= 11 is 0. The van der Waals surface area contributed by atoms with Gasteiger partial charge in [0.05, 0.1) is 11.7 Å². The van der Waals surface area contributed by atoms with Gasteiger partial charge in [-0.3, -0.25) is 4.79 Å². The number of aromatic nitrogens is 1. The van der Waals surface area contributed by atoms with Gasteiger partial charge in [0, 0.05) is 25.9 Å². The topological polar surface area (TPSA) is 42.4 Å². The van der Waals surface area contributed by atoms with E-state index >= 15 is 0 Å². The number of ether oxygens (including phenoxy) is 1. The van der Waals surface area contributed by atoms with Gasteiger partial charge in [-0.05, 0) is 38.3 Å². The number of hydrogen-bond donors (Lipinski definition) is 0. The molecule has 1 aromatic heterocycles. The number of piperidine rings is 1. The molecule has 4 nitrogen and oxygen atoms in total. The molecule has 0 radical (unpaired) electrons. The number of carbonyl (C=O) groups excluding carboxylic acids is 1. The first-order valence-corrected chi connectivity index (χ1v) is 7.05. The van der Waals surface area contributed by atoms with Gasteiger partial charge in [-0.15, -0.1) is 0 Å². The minimum atomic E-state index is 0.0692. The summed E-state index contributed by atoms with van der Waals surface area (Å²) in [5.74, 6) is 0.875. The molecule has 2 heterocycles. The number of Topliss-reactive ketones (excluding diaryl/α,β-unsaturated/α-hetero) is 1. The summed E-state index contributed by atoms with van der Waals surface area (Å²) in [6.07, 6.45) is 5.23. The second kappa shape index (κ2) is 6.66. The Morgan fingerprint density at radius 1 is 1.58 bits per heavy atom. The van der Waals surface area contributed by atoms with Crippen molar-refractivity contribution in [1.29, 1.82) is 0 Å². The SMILES string of the molecule is CCCOC1CCCN(c2ncccc2C(C)=O)C1. The lowest BCUT2D eigenvalue weighted by Gasteiger charge is -2.34. The largest absolute Gasteiger partial charge is 0.376 e. The lowest BCUT2D eigenvalue weighted by atomic mass is 10.1. The van der Waals surface area contributed by atoms with Gasteiger partial charge in [0.15, 0.2) is 5.78 Å². The third-order valence-electron chi connectivity index (χ3n) is 3.40. The minimum absolute atomic E-state index is 0.0692. The van der Waals surface area contributed by atoms with Crippen LogP contribution >= 0.6 is 0 Å². The molecule has 19 heavy (non-hydrogen) atoms. The van der Waals surface area contributed by atoms with Gasteiger partial charge in [0.25, 0.3) is 0 Å². The van der Waals surface area contributed by atoms with Crippen molar-refractivity contribution in [1.82, 2.24) is 4.98 Å². The van der Waals surface area contributed by atoms with Crippen LogP contribution in [0.15, 0.2) is 18.3 Å². The van der Waals surface area contributed by atoms with E-state index in [2.05, 4.69) is 16.8 Å². The zero-order valence-electron chi connectivity index (χ0n) is 11.8. The van der Waals surface area contributed by atoms with E-state index in [1.165, 1.54) is 0 Å². The summed E-state index contributed by atoms with van der Waals surface area (Å²) in [5.41, 5.74) is 0.707. The lowest BCUT2D eigenvalue weighted by Crippen LogP contribution is -2.41. The monoisotopic (exact) mass is 262 g/mol. The Morgan fingerprint density at radius 2 is 2.42 bits per heavy atom. The number of rotatable bonds is 5. The molecule has 1 aromatic rings. The zero-order valence-corrected chi connectivity index (χ0v) is 11.8. The Hall–Kier alpha value is -1.42. The number of hydrogen-bond acceptors (Lipinski definition) is 4. The fourth-order valence-electron chi connectivity index (χ4n) is 2.47. The number of ketones is 1. The molecule has 0 aromatic carbocycles. The van der Waals surface area contributed by atoms with Crippen LogP contribution in [0.4, 0.5) is 5.82 Å². The van der Waals surface area contributed by atoms with Gasteiger partial charge in [-0.1, -0.05) is 6.92 Å². The molecular formula is C15H22N2O2. The highest BCUT2D eigenvalue weighted by Gasteiger charge is 2.23. The summed E-state index contributed by atoms with van der Waals surface area (Å²) in [4.78, 5) is 18.2. The van der Waals surface area contributed by atoms with E-state index in [-0.39, 0.29) is 11.9 Å². The van der Waals surface area contributed by atoms with Crippen LogP contribution in [0.1, 0.15) is 43.5 Å². The van der Waals surface area contributed by atoms with E-state index in [9.17, 15) is 4.79 Å². The highest BCUT2D eigenvalue weighted by molar-refractivity contribution is 5.98. The molecule has 1 unspecified atom stereocenters. The second-order valence-electron chi connectivity index (χ2n) is 5.01. The minimum Gasteiger partial charge on any atom is -0.376 e. The molecule has 4 heteroatoms. The molecule has 0 N–H and O–H groups in total. The predicted octanol–water partition coefficient (Wildman–Crippen LogP) is 2.68. The second-order valence-corrected chi connectivity index (χ2v) is 5.01. The fourth-order valence-corrected chi connectivity index (χ4v) is 2.47. The van der Waals surface area contributed by atoms with Crippen LogP contribution in [0.25, 0.3) is 0 Å². The highest BCUT2D eigenvalue weighted by atomic mass is 16.5. The van der Waals surface area contributed by atoms with Gasteiger partial charge in [-0.25, -0.2) is 4.98 Å². The van der Waals surface area contributed by atoms with Gasteiger partial charge in [0.2, 0.25) is 0 Å². The van der Waals surface area contributed by atoms with Crippen LogP contribution in [0, 0.1) is 0 Å². The Labute approximate surface area is 114 Å². The molecule has 0 saturated carbocycles. The van der Waals surface area contributed by atoms with Crippen molar-refractivity contribution in [3.63, 3.8) is 0 Å². The maximum Gasteiger partial charge on any atom is 0.163 e. The first-order valence-electron chi connectivity index (χ1n) is 7.05. The molecule has 1 aliphatic rings. The zero-order chi connectivity index (χ0) is 13.7. The molecule has 0 aliphatic carbocycles. The smallest absolute Gasteiger partial charge is 0.163 e. The first kappa shape index (κ1) is 14.0. The van der Waals surface area contributed by atoms with Crippen molar-refractivity contribution in [2.45, 2.75) is 39.2 Å². The van der Waals surface area contributed by atoms with Crippen LogP contribution in [0.3, 0.4) is 0 Å². The molecule has 2 rings (SSSR count). The molecule has 1 aliphatic heterocycles. The summed E-state index contributed by atoms with van der Waals surface area (Å²) in [5, 5.41) is 0. The number of nitrogens with zero attached hydrogens (tertiary/aromatic N) is 2. The van der Waals surface area contributed by atoms with E-state index < -0.39 is 0 Å². The third-order valence-corrected chi connectivity index (χ3v) is 3.40. The summed E-state index contributed by atoms with van der Waals surface area (Å²) in [6.45, 7) is 6.30. The molecule has 0 bridgehead atoms. The van der Waals surface area contributed by atoms with Crippen molar-refractivity contribution in [2.24, 2.45) is 0 Å². The molecule has 1 atom stereocenters. The standard InChI is InChI=1S/C15H22N2O2/c1-3-10-19-13-6-5-9-17(11-13)15-14(12(2)18)7-4-8-16-15/h4,7-8,13H,3,5-6,9-11H2,1-2H3. The number of pyridine rings is 1. The Morgan fingerprint density at radius 3 is 3.16 bits per heavy atom. The van der Waals surface area contributed by atoms with E-state index in [4.69, 9.17) is 4.74 Å². The fraction of sp³-hybridized carbons (Fsp3) is 0.600. The van der Waals surface area contributed by atoms with Crippen molar-refractivity contribution < 1.29 is 9.53 Å². The third kappa shape index (κ3) is 3.53. The van der Waals surface area contributed by atoms with Crippen LogP contribution in [-0.4, -0.2) is 36.6 Å². The molecule has 0 spiro atoms. The Bertz CT molecular complexity index is 434. The maximum absolute atomic E-state index is 11.7. The first-order chi connectivity index (χ1) is 9.22. The Kier molecular flexibility index (Phi) is 4.91. The van der Waals surface area contributed by atoms with Crippen LogP contribution in [-0.2, 0) is 4.74 Å². The molecule has 104 valence electrons. The van der Waals surface area contributed by atoms with Crippen molar-refractivity contribution in [3.05, 3.63) is 23.9 Å². The Balaban J connectivity index is 2.11. The van der Waals surface area contributed by atoms with Crippen LogP contribution < -0.4 is 4.90 Å². The van der Waals surface area contributed by atoms with Gasteiger partial charge < -0.3 is 9.64 Å². The average molecular weight is 262 g/mol. The highest BCUT2D eigenvalue weighted by Crippen LogP contribution is 2.23. The van der Waals surface area contributed by atoms with Gasteiger partial charge in [0.1, 0.15) is 5.82 Å². The summed E-state index contributed by atoms with van der Waals surface area (Å²) in [7, 11) is 0. The summed E-state index contributed by atoms with van der Waals surface area (Å²) < 4.78 is 5.83. The quantitative estimate of drug-likeness (QED) is 0.765.